The SMILES string of the molecule is CC(=O)O[C@H]1C[C@@]2(C)[C@@H](CC[C@@H]3[C@@H]2CC[C@]2(C)C(=CC#N)CC[C@@H]32)C[C@@H]1O. The van der Waals surface area contributed by atoms with Gasteiger partial charge in [0.15, 0.2) is 0 Å². The van der Waals surface area contributed by atoms with E-state index in [1.54, 1.807) is 0 Å². The van der Waals surface area contributed by atoms with E-state index in [1.807, 2.05) is 6.08 Å². The summed E-state index contributed by atoms with van der Waals surface area (Å²) in [6.45, 7) is 6.24. The lowest BCUT2D eigenvalue weighted by atomic mass is 9.44. The zero-order valence-electron chi connectivity index (χ0n) is 16.9. The third kappa shape index (κ3) is 2.85. The molecule has 0 bridgehead atoms. The third-order valence-electron chi connectivity index (χ3n) is 9.07. The molecule has 0 spiro atoms. The van der Waals surface area contributed by atoms with Gasteiger partial charge in [-0.3, -0.25) is 4.79 Å². The van der Waals surface area contributed by atoms with Crippen LogP contribution in [0.4, 0.5) is 0 Å². The van der Waals surface area contributed by atoms with E-state index in [-0.39, 0.29) is 22.9 Å². The number of ether oxygens (including phenoxy) is 1. The fourth-order valence-corrected chi connectivity index (χ4v) is 7.75. The van der Waals surface area contributed by atoms with Crippen molar-refractivity contribution in [3.05, 3.63) is 11.6 Å². The number of rotatable bonds is 1. The van der Waals surface area contributed by atoms with E-state index in [2.05, 4.69) is 19.9 Å². The molecule has 0 aromatic heterocycles. The molecule has 4 aliphatic rings. The van der Waals surface area contributed by atoms with Gasteiger partial charge >= 0.3 is 5.97 Å². The second kappa shape index (κ2) is 6.62. The van der Waals surface area contributed by atoms with Crippen LogP contribution in [0.15, 0.2) is 11.6 Å². The first-order chi connectivity index (χ1) is 12.8. The topological polar surface area (TPSA) is 70.3 Å². The number of allylic oxidation sites excluding steroid dienone is 2. The Hall–Kier alpha value is -1.34. The van der Waals surface area contributed by atoms with Gasteiger partial charge in [-0.2, -0.15) is 5.26 Å². The van der Waals surface area contributed by atoms with Crippen LogP contribution < -0.4 is 0 Å². The van der Waals surface area contributed by atoms with E-state index < -0.39 is 6.10 Å². The molecule has 0 radical (unpaired) electrons. The Labute approximate surface area is 163 Å². The van der Waals surface area contributed by atoms with Crippen molar-refractivity contribution in [2.75, 3.05) is 0 Å². The van der Waals surface area contributed by atoms with Crippen molar-refractivity contribution in [1.29, 1.82) is 5.26 Å². The number of fused-ring (bicyclic) bond motifs is 5. The van der Waals surface area contributed by atoms with E-state index in [9.17, 15) is 15.2 Å². The van der Waals surface area contributed by atoms with Gasteiger partial charge in [0.2, 0.25) is 0 Å². The van der Waals surface area contributed by atoms with Crippen molar-refractivity contribution in [1.82, 2.24) is 0 Å². The number of hydrogen-bond donors (Lipinski definition) is 1. The molecule has 0 saturated heterocycles. The van der Waals surface area contributed by atoms with Gasteiger partial charge in [-0.15, -0.1) is 0 Å². The number of nitrogens with zero attached hydrogens (tertiary/aromatic N) is 1. The van der Waals surface area contributed by atoms with Crippen LogP contribution in [-0.4, -0.2) is 23.3 Å². The van der Waals surface area contributed by atoms with Crippen LogP contribution in [0.25, 0.3) is 0 Å². The van der Waals surface area contributed by atoms with E-state index >= 15 is 0 Å². The molecule has 27 heavy (non-hydrogen) atoms. The molecule has 0 unspecified atom stereocenters. The number of esters is 1. The summed E-state index contributed by atoms with van der Waals surface area (Å²) >= 11 is 0. The van der Waals surface area contributed by atoms with Crippen LogP contribution >= 0.6 is 0 Å². The summed E-state index contributed by atoms with van der Waals surface area (Å²) in [5.74, 6) is 2.25. The van der Waals surface area contributed by atoms with Gasteiger partial charge in [0.25, 0.3) is 0 Å². The quantitative estimate of drug-likeness (QED) is 0.548. The lowest BCUT2D eigenvalue weighted by molar-refractivity contribution is -0.180. The van der Waals surface area contributed by atoms with Crippen molar-refractivity contribution in [2.24, 2.45) is 34.5 Å². The normalized spacial score (nSPS) is 50.3. The van der Waals surface area contributed by atoms with E-state index in [1.165, 1.54) is 38.2 Å². The van der Waals surface area contributed by atoms with Gasteiger partial charge in [0, 0.05) is 13.0 Å². The van der Waals surface area contributed by atoms with Crippen LogP contribution in [0.2, 0.25) is 0 Å². The number of nitriles is 1. The Morgan fingerprint density at radius 1 is 1.26 bits per heavy atom. The molecule has 0 heterocycles. The lowest BCUT2D eigenvalue weighted by Gasteiger charge is -2.61. The molecule has 4 heteroatoms. The number of hydrogen-bond acceptors (Lipinski definition) is 4. The molecule has 4 rings (SSSR count). The molecule has 4 fully saturated rings. The van der Waals surface area contributed by atoms with Gasteiger partial charge in [0.1, 0.15) is 6.10 Å². The monoisotopic (exact) mass is 371 g/mol. The Bertz CT molecular complexity index is 694. The molecule has 8 atom stereocenters. The fraction of sp³-hybridized carbons (Fsp3) is 0.826. The zero-order valence-corrected chi connectivity index (χ0v) is 16.9. The summed E-state index contributed by atoms with van der Waals surface area (Å²) in [4.78, 5) is 11.5. The third-order valence-corrected chi connectivity index (χ3v) is 9.07. The Kier molecular flexibility index (Phi) is 4.66. The van der Waals surface area contributed by atoms with Gasteiger partial charge in [0.05, 0.1) is 12.2 Å². The minimum Gasteiger partial charge on any atom is -0.460 e. The largest absolute Gasteiger partial charge is 0.460 e. The smallest absolute Gasteiger partial charge is 0.302 e. The van der Waals surface area contributed by atoms with Gasteiger partial charge < -0.3 is 9.84 Å². The summed E-state index contributed by atoms with van der Waals surface area (Å²) in [6, 6.07) is 2.28. The highest BCUT2D eigenvalue weighted by molar-refractivity contribution is 5.66. The second-order valence-electron chi connectivity index (χ2n) is 10.1. The lowest BCUT2D eigenvalue weighted by Crippen LogP contribution is -2.56. The first-order valence-corrected chi connectivity index (χ1v) is 10.7. The first kappa shape index (κ1) is 19.0. The van der Waals surface area contributed by atoms with Crippen LogP contribution in [0, 0.1) is 45.8 Å². The summed E-state index contributed by atoms with van der Waals surface area (Å²) < 4.78 is 5.52. The molecule has 0 aromatic rings. The maximum atomic E-state index is 11.5. The number of carbonyl (C=O) groups is 1. The molecule has 0 aromatic carbocycles. The molecule has 0 amide bonds. The Morgan fingerprint density at radius 2 is 2.04 bits per heavy atom. The molecule has 4 saturated carbocycles. The van der Waals surface area contributed by atoms with Crippen molar-refractivity contribution in [2.45, 2.75) is 84.3 Å². The summed E-state index contributed by atoms with van der Waals surface area (Å²) in [6.07, 6.45) is 9.56. The Morgan fingerprint density at radius 3 is 2.74 bits per heavy atom. The van der Waals surface area contributed by atoms with Crippen LogP contribution in [0.3, 0.4) is 0 Å². The average Bonchev–Trinajstić information content (AvgIpc) is 2.93. The highest BCUT2D eigenvalue weighted by Crippen LogP contribution is 2.67. The van der Waals surface area contributed by atoms with Gasteiger partial charge in [-0.1, -0.05) is 19.4 Å². The maximum Gasteiger partial charge on any atom is 0.302 e. The zero-order chi connectivity index (χ0) is 19.4. The van der Waals surface area contributed by atoms with Crippen molar-refractivity contribution in [3.63, 3.8) is 0 Å². The minimum atomic E-state index is -0.519. The molecular formula is C23H33NO3. The van der Waals surface area contributed by atoms with Crippen LogP contribution in [0.1, 0.15) is 72.1 Å². The average molecular weight is 372 g/mol. The van der Waals surface area contributed by atoms with Crippen molar-refractivity contribution in [3.8, 4) is 6.07 Å². The van der Waals surface area contributed by atoms with E-state index in [4.69, 9.17) is 4.74 Å². The highest BCUT2D eigenvalue weighted by atomic mass is 16.6. The van der Waals surface area contributed by atoms with Crippen molar-refractivity contribution < 1.29 is 14.6 Å². The van der Waals surface area contributed by atoms with Crippen molar-refractivity contribution >= 4 is 5.97 Å². The molecular weight excluding hydrogens is 338 g/mol. The van der Waals surface area contributed by atoms with Gasteiger partial charge in [-0.05, 0) is 85.9 Å². The van der Waals surface area contributed by atoms with Crippen LogP contribution in [0.5, 0.6) is 0 Å². The fourth-order valence-electron chi connectivity index (χ4n) is 7.75. The number of aliphatic hydroxyl groups excluding tert-OH is 1. The number of carbonyl (C=O) groups excluding carboxylic acids is 1. The highest BCUT2D eigenvalue weighted by Gasteiger charge is 2.60. The standard InChI is InChI=1S/C23H33NO3/c1-14(25)27-21-13-23(3)16(12-20(21)26)4-6-17-18-7-5-15(9-11-24)22(18,2)10-8-19(17)23/h9,16-21,26H,4-8,10,12-13H2,1-3H3/t16-,17-,18-,19-,20-,21-,22+,23-/m0/s1. The number of aliphatic hydroxyl groups is 1. The molecule has 148 valence electrons. The Balaban J connectivity index is 1.61. The van der Waals surface area contributed by atoms with Crippen LogP contribution in [-0.2, 0) is 9.53 Å². The molecule has 1 N–H and O–H groups in total. The molecule has 0 aliphatic heterocycles. The predicted octanol–water partition coefficient (Wildman–Crippen LogP) is 4.38. The molecule has 4 aliphatic carbocycles. The first-order valence-electron chi connectivity index (χ1n) is 10.7. The van der Waals surface area contributed by atoms with Gasteiger partial charge in [-0.25, -0.2) is 0 Å². The predicted molar refractivity (Wildman–Crippen MR) is 102 cm³/mol. The van der Waals surface area contributed by atoms with E-state index in [0.29, 0.717) is 23.7 Å². The minimum absolute atomic E-state index is 0.144. The van der Waals surface area contributed by atoms with E-state index in [0.717, 1.165) is 25.7 Å². The maximum absolute atomic E-state index is 11.5. The second-order valence-corrected chi connectivity index (χ2v) is 10.1. The molecule has 4 nitrogen and oxygen atoms in total. The summed E-state index contributed by atoms with van der Waals surface area (Å²) in [5.41, 5.74) is 1.71. The summed E-state index contributed by atoms with van der Waals surface area (Å²) in [5, 5.41) is 19.7. The summed E-state index contributed by atoms with van der Waals surface area (Å²) in [7, 11) is 0.